The lowest BCUT2D eigenvalue weighted by molar-refractivity contribution is -0.385. The lowest BCUT2D eigenvalue weighted by atomic mass is 10.1. The average Bonchev–Trinajstić information content (AvgIpc) is 2.26. The summed E-state index contributed by atoms with van der Waals surface area (Å²) >= 11 is 0. The summed E-state index contributed by atoms with van der Waals surface area (Å²) in [7, 11) is 1.57. The molecule has 0 radical (unpaired) electrons. The van der Waals surface area contributed by atoms with Crippen LogP contribution in [0.5, 0.6) is 5.75 Å². The molecule has 6 nitrogen and oxygen atoms in total. The first-order chi connectivity index (χ1) is 7.60. The second-order valence-electron chi connectivity index (χ2n) is 2.97. The smallest absolute Gasteiger partial charge is 0.311 e. The van der Waals surface area contributed by atoms with Crippen LogP contribution in [0, 0.1) is 10.1 Å². The number of phenolic OH excluding ortho intramolecular Hbond substituents is 1. The molecule has 6 heteroatoms. The summed E-state index contributed by atoms with van der Waals surface area (Å²) in [5, 5.41) is 19.9. The summed E-state index contributed by atoms with van der Waals surface area (Å²) < 4.78 is 0. The molecule has 1 rings (SSSR count). The van der Waals surface area contributed by atoms with Gasteiger partial charge in [0.2, 0.25) is 0 Å². The molecular weight excluding hydrogens is 210 g/mol. The normalized spacial score (nSPS) is 11.9. The Morgan fingerprint density at radius 3 is 2.81 bits per heavy atom. The van der Waals surface area contributed by atoms with Crippen molar-refractivity contribution in [1.29, 1.82) is 0 Å². The predicted molar refractivity (Wildman–Crippen MR) is 61.3 cm³/mol. The van der Waals surface area contributed by atoms with Gasteiger partial charge >= 0.3 is 5.69 Å². The first-order valence-electron chi connectivity index (χ1n) is 4.42. The van der Waals surface area contributed by atoms with E-state index in [1.165, 1.54) is 30.6 Å². The number of aromatic hydroxyl groups is 1. The molecule has 0 amide bonds. The van der Waals surface area contributed by atoms with E-state index >= 15 is 0 Å². The number of aliphatic imine (C=N–C) groups is 1. The lowest BCUT2D eigenvalue weighted by Gasteiger charge is -2.02. The first-order valence-corrected chi connectivity index (χ1v) is 4.42. The molecule has 0 unspecified atom stereocenters. The van der Waals surface area contributed by atoms with Crippen LogP contribution >= 0.6 is 0 Å². The monoisotopic (exact) mass is 221 g/mol. The van der Waals surface area contributed by atoms with Gasteiger partial charge < -0.3 is 10.8 Å². The van der Waals surface area contributed by atoms with Crippen LogP contribution in [0.4, 0.5) is 5.69 Å². The number of nitrogens with zero attached hydrogens (tertiary/aromatic N) is 2. The van der Waals surface area contributed by atoms with E-state index in [2.05, 4.69) is 4.99 Å². The van der Waals surface area contributed by atoms with Crippen molar-refractivity contribution in [1.82, 2.24) is 0 Å². The van der Waals surface area contributed by atoms with Crippen molar-refractivity contribution in [3.05, 3.63) is 40.1 Å². The second kappa shape index (κ2) is 4.92. The Balaban J connectivity index is 3.27. The van der Waals surface area contributed by atoms with Crippen molar-refractivity contribution in [2.24, 2.45) is 10.7 Å². The van der Waals surface area contributed by atoms with Crippen molar-refractivity contribution in [3.63, 3.8) is 0 Å². The molecule has 0 spiro atoms. The second-order valence-corrected chi connectivity index (χ2v) is 2.97. The standard InChI is InChI=1S/C10H11N3O3/c1-12-6-8(5-11)7-2-3-10(14)9(4-7)13(15)16/h2-6,14H,11H2,1H3. The maximum Gasteiger partial charge on any atom is 0.311 e. The number of nitrogens with two attached hydrogens (primary N) is 1. The van der Waals surface area contributed by atoms with Crippen molar-refractivity contribution < 1.29 is 10.0 Å². The van der Waals surface area contributed by atoms with Gasteiger partial charge in [0.1, 0.15) is 0 Å². The minimum absolute atomic E-state index is 0.360. The molecule has 0 aromatic heterocycles. The Labute approximate surface area is 91.9 Å². The fraction of sp³-hybridized carbons (Fsp3) is 0.100. The van der Waals surface area contributed by atoms with Crippen LogP contribution in [-0.2, 0) is 0 Å². The summed E-state index contributed by atoms with van der Waals surface area (Å²) in [6.07, 6.45) is 2.78. The topological polar surface area (TPSA) is 102 Å². The van der Waals surface area contributed by atoms with Gasteiger partial charge in [-0.25, -0.2) is 0 Å². The minimum atomic E-state index is -0.657. The van der Waals surface area contributed by atoms with Gasteiger partial charge in [-0.2, -0.15) is 0 Å². The van der Waals surface area contributed by atoms with Crippen LogP contribution in [0.2, 0.25) is 0 Å². The van der Waals surface area contributed by atoms with E-state index in [1.807, 2.05) is 0 Å². The SMILES string of the molecule is CN=CC(=CN)c1ccc(O)c([N+](=O)[O-])c1. The Morgan fingerprint density at radius 1 is 1.62 bits per heavy atom. The molecule has 0 heterocycles. The molecule has 0 aliphatic carbocycles. The number of allylic oxidation sites excluding steroid dienone is 1. The molecule has 0 fully saturated rings. The summed E-state index contributed by atoms with van der Waals surface area (Å²) in [6.45, 7) is 0. The highest BCUT2D eigenvalue weighted by atomic mass is 16.6. The molecule has 0 bridgehead atoms. The van der Waals surface area contributed by atoms with Crippen molar-refractivity contribution in [2.45, 2.75) is 0 Å². The van der Waals surface area contributed by atoms with Crippen molar-refractivity contribution in [2.75, 3.05) is 7.05 Å². The summed E-state index contributed by atoms with van der Waals surface area (Å²) in [5.74, 6) is -0.376. The highest BCUT2D eigenvalue weighted by molar-refractivity contribution is 6.09. The number of rotatable bonds is 3. The van der Waals surface area contributed by atoms with E-state index in [1.54, 1.807) is 7.05 Å². The highest BCUT2D eigenvalue weighted by Crippen LogP contribution is 2.28. The molecule has 1 aromatic carbocycles. The van der Waals surface area contributed by atoms with Gasteiger partial charge in [0.15, 0.2) is 5.75 Å². The Hall–Kier alpha value is -2.37. The van der Waals surface area contributed by atoms with E-state index < -0.39 is 4.92 Å². The molecule has 0 saturated heterocycles. The number of nitro groups is 1. The number of hydrogen-bond acceptors (Lipinski definition) is 5. The van der Waals surface area contributed by atoms with E-state index in [0.29, 0.717) is 11.1 Å². The maximum atomic E-state index is 10.6. The minimum Gasteiger partial charge on any atom is -0.502 e. The van der Waals surface area contributed by atoms with Crippen LogP contribution in [0.25, 0.3) is 5.57 Å². The van der Waals surface area contributed by atoms with Crippen LogP contribution < -0.4 is 5.73 Å². The zero-order valence-corrected chi connectivity index (χ0v) is 8.62. The van der Waals surface area contributed by atoms with Gasteiger partial charge in [-0.1, -0.05) is 6.07 Å². The quantitative estimate of drug-likeness (QED) is 0.456. The Kier molecular flexibility index (Phi) is 3.60. The molecule has 3 N–H and O–H groups in total. The molecule has 84 valence electrons. The first kappa shape index (κ1) is 11.7. The van der Waals surface area contributed by atoms with Crippen LogP contribution in [0.3, 0.4) is 0 Å². The van der Waals surface area contributed by atoms with Gasteiger partial charge in [-0.3, -0.25) is 15.1 Å². The van der Waals surface area contributed by atoms with E-state index in [4.69, 9.17) is 5.73 Å². The van der Waals surface area contributed by atoms with Gasteiger partial charge in [0.05, 0.1) is 4.92 Å². The third kappa shape index (κ3) is 2.35. The predicted octanol–water partition coefficient (Wildman–Crippen LogP) is 1.30. The van der Waals surface area contributed by atoms with E-state index in [9.17, 15) is 15.2 Å². The fourth-order valence-electron chi connectivity index (χ4n) is 1.20. The van der Waals surface area contributed by atoms with E-state index in [-0.39, 0.29) is 11.4 Å². The number of benzene rings is 1. The Bertz CT molecular complexity index is 466. The molecule has 1 aromatic rings. The lowest BCUT2D eigenvalue weighted by Crippen LogP contribution is -1.94. The fourth-order valence-corrected chi connectivity index (χ4v) is 1.20. The van der Waals surface area contributed by atoms with Crippen molar-refractivity contribution in [3.8, 4) is 5.75 Å². The third-order valence-corrected chi connectivity index (χ3v) is 1.95. The summed E-state index contributed by atoms with van der Waals surface area (Å²) in [5.41, 5.74) is 6.08. The summed E-state index contributed by atoms with van der Waals surface area (Å²) in [4.78, 5) is 13.7. The zero-order valence-electron chi connectivity index (χ0n) is 8.62. The van der Waals surface area contributed by atoms with Crippen LogP contribution in [-0.4, -0.2) is 23.3 Å². The third-order valence-electron chi connectivity index (χ3n) is 1.95. The molecule has 16 heavy (non-hydrogen) atoms. The average molecular weight is 221 g/mol. The van der Waals surface area contributed by atoms with Crippen LogP contribution in [0.15, 0.2) is 29.4 Å². The van der Waals surface area contributed by atoms with E-state index in [0.717, 1.165) is 0 Å². The van der Waals surface area contributed by atoms with Gasteiger partial charge in [0.25, 0.3) is 0 Å². The van der Waals surface area contributed by atoms with Crippen molar-refractivity contribution >= 4 is 17.5 Å². The molecule has 0 aliphatic heterocycles. The molecule has 0 aliphatic rings. The highest BCUT2D eigenvalue weighted by Gasteiger charge is 2.14. The number of phenols is 1. The number of hydrogen-bond donors (Lipinski definition) is 2. The number of nitro benzene ring substituents is 1. The van der Waals surface area contributed by atoms with Gasteiger partial charge in [-0.15, -0.1) is 0 Å². The Morgan fingerprint density at radius 2 is 2.31 bits per heavy atom. The van der Waals surface area contributed by atoms with Gasteiger partial charge in [-0.05, 0) is 11.6 Å². The maximum absolute atomic E-state index is 10.6. The largest absolute Gasteiger partial charge is 0.502 e. The molecular formula is C10H11N3O3. The zero-order chi connectivity index (χ0) is 12.1. The van der Waals surface area contributed by atoms with Crippen LogP contribution in [0.1, 0.15) is 5.56 Å². The van der Waals surface area contributed by atoms with Gasteiger partial charge in [0, 0.05) is 31.1 Å². The molecule has 0 atom stereocenters. The molecule has 0 saturated carbocycles. The summed E-state index contributed by atoms with van der Waals surface area (Å²) in [6, 6.07) is 4.03.